The highest BCUT2D eigenvalue weighted by Crippen LogP contribution is 2.32. The van der Waals surface area contributed by atoms with Crippen LogP contribution in [-0.2, 0) is 16.6 Å². The lowest BCUT2D eigenvalue weighted by Gasteiger charge is -2.23. The van der Waals surface area contributed by atoms with Gasteiger partial charge in [-0.1, -0.05) is 68.8 Å². The Bertz CT molecular complexity index is 1520. The van der Waals surface area contributed by atoms with Crippen LogP contribution in [0.15, 0.2) is 82.0 Å². The van der Waals surface area contributed by atoms with Crippen LogP contribution < -0.4 is 20.4 Å². The molecule has 0 aliphatic rings. The molecule has 0 atom stereocenters. The quantitative estimate of drug-likeness (QED) is 0.194. The fourth-order valence-corrected chi connectivity index (χ4v) is 4.03. The standard InChI is InChI=1S/C31H31NO6/c1-20-10-13-26(25(16-20)31(2,3)4)36-19-28(33)37-23-12-11-22-17-24(30(35)38-27(22)18-23)29(34)32-15-14-21-8-6-5-7-9-21/h5-13,16-18H,14-15,19H2,1-4H3,(H,32,34). The molecule has 1 N–H and O–H groups in total. The lowest BCUT2D eigenvalue weighted by molar-refractivity contribution is -0.136. The Morgan fingerprint density at radius 3 is 2.45 bits per heavy atom. The van der Waals surface area contributed by atoms with Gasteiger partial charge in [0, 0.05) is 18.0 Å². The largest absolute Gasteiger partial charge is 0.482 e. The Morgan fingerprint density at radius 2 is 1.71 bits per heavy atom. The molecule has 0 spiro atoms. The maximum absolute atomic E-state index is 12.6. The summed E-state index contributed by atoms with van der Waals surface area (Å²) >= 11 is 0. The van der Waals surface area contributed by atoms with Gasteiger partial charge in [-0.3, -0.25) is 4.79 Å². The van der Waals surface area contributed by atoms with Crippen molar-refractivity contribution in [2.45, 2.75) is 39.5 Å². The number of benzene rings is 3. The summed E-state index contributed by atoms with van der Waals surface area (Å²) in [5, 5.41) is 3.28. The molecular formula is C31H31NO6. The SMILES string of the molecule is Cc1ccc(OCC(=O)Oc2ccc3cc(C(=O)NCCc4ccccc4)c(=O)oc3c2)c(C(C)(C)C)c1. The molecule has 0 saturated carbocycles. The van der Waals surface area contributed by atoms with E-state index in [9.17, 15) is 14.4 Å². The second kappa shape index (κ2) is 11.3. The van der Waals surface area contributed by atoms with Crippen molar-refractivity contribution >= 4 is 22.8 Å². The summed E-state index contributed by atoms with van der Waals surface area (Å²) in [4.78, 5) is 37.5. The number of carbonyl (C=O) groups excluding carboxylic acids is 2. The van der Waals surface area contributed by atoms with Crippen LogP contribution in [0, 0.1) is 6.92 Å². The Kier molecular flexibility index (Phi) is 7.96. The molecule has 0 aliphatic carbocycles. The monoisotopic (exact) mass is 513 g/mol. The summed E-state index contributed by atoms with van der Waals surface area (Å²) in [6.07, 6.45) is 0.644. The van der Waals surface area contributed by atoms with Gasteiger partial charge in [0.1, 0.15) is 22.6 Å². The maximum atomic E-state index is 12.6. The molecule has 1 aromatic heterocycles. The van der Waals surface area contributed by atoms with E-state index in [1.54, 1.807) is 12.1 Å². The molecule has 0 saturated heterocycles. The van der Waals surface area contributed by atoms with Crippen LogP contribution in [0.25, 0.3) is 11.0 Å². The minimum atomic E-state index is -0.768. The average Bonchev–Trinajstić information content (AvgIpc) is 2.87. The molecule has 7 heteroatoms. The molecule has 4 aromatic rings. The van der Waals surface area contributed by atoms with Crippen molar-refractivity contribution in [3.63, 3.8) is 0 Å². The Labute approximate surface area is 221 Å². The fourth-order valence-electron chi connectivity index (χ4n) is 4.03. The van der Waals surface area contributed by atoms with Gasteiger partial charge in [0.05, 0.1) is 0 Å². The Morgan fingerprint density at radius 1 is 0.947 bits per heavy atom. The zero-order valence-corrected chi connectivity index (χ0v) is 22.0. The van der Waals surface area contributed by atoms with E-state index in [0.29, 0.717) is 24.1 Å². The highest BCUT2D eigenvalue weighted by atomic mass is 16.6. The first-order chi connectivity index (χ1) is 18.1. The fraction of sp³-hybridized carbons (Fsp3) is 0.258. The summed E-state index contributed by atoms with van der Waals surface area (Å²) in [6.45, 7) is 8.35. The predicted octanol–water partition coefficient (Wildman–Crippen LogP) is 5.36. The van der Waals surface area contributed by atoms with Gasteiger partial charge in [-0.05, 0) is 54.2 Å². The number of hydrogen-bond acceptors (Lipinski definition) is 6. The number of amides is 1. The van der Waals surface area contributed by atoms with Gasteiger partial charge in [0.25, 0.3) is 5.91 Å². The van der Waals surface area contributed by atoms with E-state index in [-0.39, 0.29) is 28.9 Å². The van der Waals surface area contributed by atoms with Crippen LogP contribution >= 0.6 is 0 Å². The first-order valence-electron chi connectivity index (χ1n) is 12.4. The van der Waals surface area contributed by atoms with Crippen LogP contribution in [0.2, 0.25) is 0 Å². The van der Waals surface area contributed by atoms with Crippen molar-refractivity contribution in [3.05, 3.63) is 105 Å². The van der Waals surface area contributed by atoms with Gasteiger partial charge < -0.3 is 19.2 Å². The predicted molar refractivity (Wildman–Crippen MR) is 146 cm³/mol. The molecule has 3 aromatic carbocycles. The average molecular weight is 514 g/mol. The molecule has 38 heavy (non-hydrogen) atoms. The number of ether oxygens (including phenoxy) is 2. The zero-order chi connectivity index (χ0) is 27.3. The number of fused-ring (bicyclic) bond motifs is 1. The van der Waals surface area contributed by atoms with Crippen molar-refractivity contribution in [1.29, 1.82) is 0 Å². The third-order valence-electron chi connectivity index (χ3n) is 6.01. The second-order valence-corrected chi connectivity index (χ2v) is 10.2. The topological polar surface area (TPSA) is 94.8 Å². The smallest absolute Gasteiger partial charge is 0.349 e. The molecular weight excluding hydrogens is 482 g/mol. The van der Waals surface area contributed by atoms with E-state index in [4.69, 9.17) is 13.9 Å². The van der Waals surface area contributed by atoms with Crippen LogP contribution in [0.1, 0.15) is 47.8 Å². The molecule has 1 heterocycles. The van der Waals surface area contributed by atoms with Crippen molar-refractivity contribution < 1.29 is 23.5 Å². The number of rotatable bonds is 8. The highest BCUT2D eigenvalue weighted by Gasteiger charge is 2.20. The van der Waals surface area contributed by atoms with Gasteiger partial charge in [-0.2, -0.15) is 0 Å². The summed E-state index contributed by atoms with van der Waals surface area (Å²) < 4.78 is 16.5. The molecule has 0 unspecified atom stereocenters. The third kappa shape index (κ3) is 6.68. The number of aryl methyl sites for hydroxylation is 1. The van der Waals surface area contributed by atoms with E-state index >= 15 is 0 Å². The number of esters is 1. The number of nitrogens with one attached hydrogen (secondary N) is 1. The molecule has 0 fully saturated rings. The van der Waals surface area contributed by atoms with Crippen molar-refractivity contribution in [2.75, 3.05) is 13.2 Å². The molecule has 196 valence electrons. The van der Waals surface area contributed by atoms with E-state index in [2.05, 4.69) is 26.1 Å². The van der Waals surface area contributed by atoms with E-state index < -0.39 is 17.5 Å². The van der Waals surface area contributed by atoms with Crippen molar-refractivity contribution in [1.82, 2.24) is 5.32 Å². The first-order valence-corrected chi connectivity index (χ1v) is 12.4. The molecule has 0 bridgehead atoms. The minimum absolute atomic E-state index is 0.0866. The van der Waals surface area contributed by atoms with Crippen molar-refractivity contribution in [3.8, 4) is 11.5 Å². The first kappa shape index (κ1) is 26.7. The van der Waals surface area contributed by atoms with Crippen LogP contribution in [0.5, 0.6) is 11.5 Å². The Balaban J connectivity index is 1.39. The molecule has 4 rings (SSSR count). The van der Waals surface area contributed by atoms with Crippen LogP contribution in [0.3, 0.4) is 0 Å². The second-order valence-electron chi connectivity index (χ2n) is 10.2. The summed E-state index contributed by atoms with van der Waals surface area (Å²) in [6, 6.07) is 21.7. The normalized spacial score (nSPS) is 11.3. The van der Waals surface area contributed by atoms with Gasteiger partial charge in [-0.15, -0.1) is 0 Å². The summed E-state index contributed by atoms with van der Waals surface area (Å²) in [5.41, 5.74) is 2.38. The van der Waals surface area contributed by atoms with Gasteiger partial charge >= 0.3 is 11.6 Å². The van der Waals surface area contributed by atoms with E-state index in [0.717, 1.165) is 16.7 Å². The molecule has 7 nitrogen and oxygen atoms in total. The van der Waals surface area contributed by atoms with Gasteiger partial charge in [0.2, 0.25) is 0 Å². The van der Waals surface area contributed by atoms with E-state index in [1.807, 2.05) is 55.5 Å². The zero-order valence-electron chi connectivity index (χ0n) is 22.0. The van der Waals surface area contributed by atoms with E-state index in [1.165, 1.54) is 12.1 Å². The summed E-state index contributed by atoms with van der Waals surface area (Å²) in [5.74, 6) is -0.273. The van der Waals surface area contributed by atoms with Gasteiger partial charge in [0.15, 0.2) is 6.61 Å². The molecule has 1 amide bonds. The molecule has 0 aliphatic heterocycles. The maximum Gasteiger partial charge on any atom is 0.349 e. The van der Waals surface area contributed by atoms with Crippen LogP contribution in [-0.4, -0.2) is 25.0 Å². The molecule has 0 radical (unpaired) electrons. The minimum Gasteiger partial charge on any atom is -0.482 e. The van der Waals surface area contributed by atoms with Gasteiger partial charge in [-0.25, -0.2) is 9.59 Å². The third-order valence-corrected chi connectivity index (χ3v) is 6.01. The van der Waals surface area contributed by atoms with Crippen LogP contribution in [0.4, 0.5) is 0 Å². The highest BCUT2D eigenvalue weighted by molar-refractivity contribution is 5.96. The lowest BCUT2D eigenvalue weighted by Crippen LogP contribution is -2.29. The lowest BCUT2D eigenvalue weighted by atomic mass is 9.85. The Hall–Kier alpha value is -4.39. The summed E-state index contributed by atoms with van der Waals surface area (Å²) in [7, 11) is 0. The van der Waals surface area contributed by atoms with Crippen molar-refractivity contribution in [2.24, 2.45) is 0 Å². The number of hydrogen-bond donors (Lipinski definition) is 1. The number of carbonyl (C=O) groups is 2.